The van der Waals surface area contributed by atoms with Gasteiger partial charge in [0.05, 0.1) is 18.2 Å². The van der Waals surface area contributed by atoms with Crippen molar-refractivity contribution < 1.29 is 39.5 Å². The highest BCUT2D eigenvalue weighted by molar-refractivity contribution is 6.02. The Morgan fingerprint density at radius 2 is 1.85 bits per heavy atom. The molecule has 3 unspecified atom stereocenters. The maximum absolute atomic E-state index is 13.3. The van der Waals surface area contributed by atoms with Crippen LogP contribution in [0.25, 0.3) is 0 Å². The van der Waals surface area contributed by atoms with Crippen molar-refractivity contribution in [1.82, 2.24) is 4.90 Å². The first-order valence-corrected chi connectivity index (χ1v) is 13.6. The summed E-state index contributed by atoms with van der Waals surface area (Å²) in [4.78, 5) is 37.4. The smallest absolute Gasteiger partial charge is 0.326 e. The molecule has 214 valence electrons. The van der Waals surface area contributed by atoms with Gasteiger partial charge in [-0.3, -0.25) is 9.59 Å². The van der Waals surface area contributed by atoms with Crippen LogP contribution in [0.4, 0.5) is 0 Å². The van der Waals surface area contributed by atoms with Gasteiger partial charge in [-0.05, 0) is 72.3 Å². The van der Waals surface area contributed by atoms with Crippen LogP contribution < -0.4 is 4.74 Å². The van der Waals surface area contributed by atoms with Crippen LogP contribution in [0.5, 0.6) is 11.5 Å². The number of allylic oxidation sites excluding steroid dienone is 4. The molecule has 2 heterocycles. The Hall–Kier alpha value is -3.33. The van der Waals surface area contributed by atoms with Gasteiger partial charge in [0.2, 0.25) is 0 Å². The summed E-state index contributed by atoms with van der Waals surface area (Å²) >= 11 is 0. The van der Waals surface area contributed by atoms with E-state index in [1.807, 2.05) is 6.92 Å². The monoisotopic (exact) mass is 543 g/mol. The van der Waals surface area contributed by atoms with Gasteiger partial charge in [0.15, 0.2) is 0 Å². The first kappa shape index (κ1) is 30.2. The Morgan fingerprint density at radius 1 is 1.13 bits per heavy atom. The molecular weight excluding hydrogens is 502 g/mol. The molecule has 0 spiro atoms. The number of nitrogens with zero attached hydrogens (tertiary/aromatic N) is 1. The molecule has 39 heavy (non-hydrogen) atoms. The lowest BCUT2D eigenvalue weighted by molar-refractivity contribution is -0.142. The van der Waals surface area contributed by atoms with Gasteiger partial charge in [0.1, 0.15) is 23.1 Å². The second-order valence-corrected chi connectivity index (χ2v) is 11.2. The van der Waals surface area contributed by atoms with E-state index in [1.165, 1.54) is 22.1 Å². The van der Waals surface area contributed by atoms with Gasteiger partial charge >= 0.3 is 11.9 Å². The van der Waals surface area contributed by atoms with E-state index in [2.05, 4.69) is 32.9 Å². The second-order valence-electron chi connectivity index (χ2n) is 11.2. The number of unbranched alkanes of at least 4 members (excludes halogenated alkanes) is 1. The summed E-state index contributed by atoms with van der Waals surface area (Å²) in [5, 5.41) is 40.4. The molecule has 3 atom stereocenters. The molecule has 0 bridgehead atoms. The van der Waals surface area contributed by atoms with Gasteiger partial charge in [0, 0.05) is 24.0 Å². The number of aliphatic carboxylic acids is 2. The van der Waals surface area contributed by atoms with E-state index < -0.39 is 35.6 Å². The Balaban J connectivity index is 1.79. The van der Waals surface area contributed by atoms with Gasteiger partial charge in [-0.2, -0.15) is 0 Å². The first-order chi connectivity index (χ1) is 18.3. The predicted molar refractivity (Wildman–Crippen MR) is 146 cm³/mol. The number of phenolic OH excluding ortho intramolecular Hbond substituents is 1. The van der Waals surface area contributed by atoms with Crippen LogP contribution >= 0.6 is 0 Å². The number of carboxylic acids is 2. The first-order valence-electron chi connectivity index (χ1n) is 13.6. The van der Waals surface area contributed by atoms with Crippen LogP contribution in [-0.4, -0.2) is 60.9 Å². The third-order valence-corrected chi connectivity index (χ3v) is 7.73. The summed E-state index contributed by atoms with van der Waals surface area (Å²) in [6.07, 6.45) is 7.47. The van der Waals surface area contributed by atoms with Gasteiger partial charge in [0.25, 0.3) is 5.91 Å². The summed E-state index contributed by atoms with van der Waals surface area (Å²) in [5.74, 6) is -2.46. The molecule has 1 aromatic carbocycles. The fraction of sp³-hybridized carbons (Fsp3) is 0.567. The molecule has 9 heteroatoms. The van der Waals surface area contributed by atoms with E-state index in [0.717, 1.165) is 12.8 Å². The number of amides is 1. The molecule has 2 aliphatic heterocycles. The predicted octanol–water partition coefficient (Wildman–Crippen LogP) is 4.97. The van der Waals surface area contributed by atoms with Crippen molar-refractivity contribution in [3.05, 3.63) is 46.1 Å². The van der Waals surface area contributed by atoms with Crippen LogP contribution in [0.2, 0.25) is 0 Å². The molecule has 1 amide bonds. The number of benzene rings is 1. The van der Waals surface area contributed by atoms with Gasteiger partial charge < -0.3 is 30.1 Å². The van der Waals surface area contributed by atoms with Crippen LogP contribution in [-0.2, 0) is 22.6 Å². The maximum atomic E-state index is 13.3. The van der Waals surface area contributed by atoms with Crippen LogP contribution in [0, 0.1) is 0 Å². The van der Waals surface area contributed by atoms with Crippen LogP contribution in [0.1, 0.15) is 101 Å². The summed E-state index contributed by atoms with van der Waals surface area (Å²) < 4.78 is 6.37. The van der Waals surface area contributed by atoms with Crippen molar-refractivity contribution >= 4 is 17.8 Å². The number of hydrogen-bond donors (Lipinski definition) is 4. The van der Waals surface area contributed by atoms with E-state index in [0.29, 0.717) is 42.6 Å². The van der Waals surface area contributed by atoms with Crippen molar-refractivity contribution in [1.29, 1.82) is 0 Å². The zero-order valence-corrected chi connectivity index (χ0v) is 23.3. The molecule has 0 fully saturated rings. The summed E-state index contributed by atoms with van der Waals surface area (Å²) in [7, 11) is 0. The number of ether oxygens (including phenoxy) is 1. The minimum Gasteiger partial charge on any atom is -0.508 e. The van der Waals surface area contributed by atoms with E-state index in [9.17, 15) is 29.7 Å². The fourth-order valence-corrected chi connectivity index (χ4v) is 5.30. The number of fused-ring (bicyclic) bond motifs is 3. The quantitative estimate of drug-likeness (QED) is 0.202. The molecular formula is C30H41NO8. The number of carbonyl (C=O) groups is 3. The number of carboxylic acid groups (broad SMARTS) is 2. The Bertz CT molecular complexity index is 1170. The Kier molecular flexibility index (Phi) is 9.83. The highest BCUT2D eigenvalue weighted by atomic mass is 16.5. The van der Waals surface area contributed by atoms with E-state index >= 15 is 0 Å². The normalized spacial score (nSPS) is 21.2. The average molecular weight is 544 g/mol. The summed E-state index contributed by atoms with van der Waals surface area (Å²) in [6.45, 7) is 8.05. The molecule has 9 nitrogen and oxygen atoms in total. The molecule has 0 radical (unpaired) electrons. The minimum absolute atomic E-state index is 0.00221. The molecule has 4 N–H and O–H groups in total. The standard InChI is InChI=1S/C30H41NO8/c1-18(2)9-7-10-19(3)11-8-14-30(4)25(33)16-21-24(32)15-20-22(27(21)39-30)17-31(28(20)36)23(29(37)38)12-5-6-13-26(34)35/h9,11,15,23,25,32-33H,5-8,10,12-14,16-17H2,1-4H3,(H,34,35)(H,37,38)/b19-11+. The van der Waals surface area contributed by atoms with Crippen molar-refractivity contribution in [3.8, 4) is 11.5 Å². The average Bonchev–Trinajstić information content (AvgIpc) is 3.15. The molecule has 0 saturated carbocycles. The zero-order chi connectivity index (χ0) is 28.9. The Labute approximate surface area is 229 Å². The molecule has 0 saturated heterocycles. The highest BCUT2D eigenvalue weighted by Gasteiger charge is 2.45. The van der Waals surface area contributed by atoms with Gasteiger partial charge in [-0.1, -0.05) is 29.7 Å². The number of aliphatic hydroxyl groups is 1. The van der Waals surface area contributed by atoms with Crippen LogP contribution in [0.3, 0.4) is 0 Å². The van der Waals surface area contributed by atoms with Crippen molar-refractivity contribution in [2.75, 3.05) is 0 Å². The molecule has 0 aromatic heterocycles. The number of aromatic hydroxyl groups is 1. The number of carbonyl (C=O) groups excluding carboxylic acids is 1. The third-order valence-electron chi connectivity index (χ3n) is 7.73. The maximum Gasteiger partial charge on any atom is 0.326 e. The number of phenols is 1. The lowest BCUT2D eigenvalue weighted by Gasteiger charge is -2.41. The van der Waals surface area contributed by atoms with E-state index in [4.69, 9.17) is 9.84 Å². The van der Waals surface area contributed by atoms with Gasteiger partial charge in [-0.15, -0.1) is 0 Å². The minimum atomic E-state index is -1.17. The largest absolute Gasteiger partial charge is 0.508 e. The van der Waals surface area contributed by atoms with E-state index in [1.54, 1.807) is 0 Å². The SMILES string of the molecule is CC(C)=CCC/C(C)=C/CCC1(C)Oc2c(c(O)cc3c2CN(C(CCCCC(=O)O)C(=O)O)C3=O)CC1O. The highest BCUT2D eigenvalue weighted by Crippen LogP contribution is 2.46. The number of aliphatic hydroxyl groups excluding tert-OH is 1. The molecule has 3 rings (SSSR count). The number of rotatable bonds is 13. The van der Waals surface area contributed by atoms with Crippen molar-refractivity contribution in [2.24, 2.45) is 0 Å². The molecule has 0 aliphatic carbocycles. The topological polar surface area (TPSA) is 145 Å². The van der Waals surface area contributed by atoms with Crippen molar-refractivity contribution in [2.45, 2.75) is 110 Å². The second kappa shape index (κ2) is 12.7. The van der Waals surface area contributed by atoms with Gasteiger partial charge in [-0.25, -0.2) is 4.79 Å². The van der Waals surface area contributed by atoms with E-state index in [-0.39, 0.29) is 37.1 Å². The summed E-state index contributed by atoms with van der Waals surface area (Å²) in [5.41, 5.74) is 2.70. The Morgan fingerprint density at radius 3 is 2.49 bits per heavy atom. The fourth-order valence-electron chi connectivity index (χ4n) is 5.30. The lowest BCUT2D eigenvalue weighted by atomic mass is 9.84. The lowest BCUT2D eigenvalue weighted by Crippen LogP contribution is -2.49. The zero-order valence-electron chi connectivity index (χ0n) is 23.3. The van der Waals surface area contributed by atoms with Crippen LogP contribution in [0.15, 0.2) is 29.4 Å². The number of hydrogen-bond acceptors (Lipinski definition) is 6. The molecule has 1 aromatic rings. The van der Waals surface area contributed by atoms with Crippen molar-refractivity contribution in [3.63, 3.8) is 0 Å². The third kappa shape index (κ3) is 7.20. The molecule has 2 aliphatic rings. The summed E-state index contributed by atoms with van der Waals surface area (Å²) in [6, 6.07) is 0.202.